The zero-order valence-electron chi connectivity index (χ0n) is 16.4. The number of carbonyl (C=O) groups excluding carboxylic acids is 1. The summed E-state index contributed by atoms with van der Waals surface area (Å²) >= 11 is 6.37. The number of aromatic amines is 1. The number of halogens is 4. The highest BCUT2D eigenvalue weighted by atomic mass is 35.5. The van der Waals surface area contributed by atoms with Gasteiger partial charge in [-0.3, -0.25) is 14.3 Å². The van der Waals surface area contributed by atoms with Gasteiger partial charge in [-0.2, -0.15) is 18.3 Å². The van der Waals surface area contributed by atoms with Crippen LogP contribution in [0, 0.1) is 0 Å². The van der Waals surface area contributed by atoms with E-state index in [0.29, 0.717) is 18.5 Å². The van der Waals surface area contributed by atoms with Gasteiger partial charge in [-0.15, -0.1) is 0 Å². The smallest absolute Gasteiger partial charge is 0.420 e. The Kier molecular flexibility index (Phi) is 4.81. The van der Waals surface area contributed by atoms with Crippen molar-refractivity contribution in [3.05, 3.63) is 71.3 Å². The van der Waals surface area contributed by atoms with E-state index in [9.17, 15) is 18.0 Å². The van der Waals surface area contributed by atoms with Crippen LogP contribution in [-0.4, -0.2) is 43.5 Å². The molecule has 1 amide bonds. The predicted molar refractivity (Wildman–Crippen MR) is 110 cm³/mol. The highest BCUT2D eigenvalue weighted by molar-refractivity contribution is 6.33. The lowest BCUT2D eigenvalue weighted by Gasteiger charge is -2.25. The van der Waals surface area contributed by atoms with E-state index >= 15 is 0 Å². The molecular weight excluding hydrogens is 447 g/mol. The van der Waals surface area contributed by atoms with Gasteiger partial charge in [0.25, 0.3) is 5.91 Å². The van der Waals surface area contributed by atoms with Gasteiger partial charge < -0.3 is 9.32 Å². The third kappa shape index (κ3) is 3.46. The van der Waals surface area contributed by atoms with Gasteiger partial charge in [0.2, 0.25) is 0 Å². The summed E-state index contributed by atoms with van der Waals surface area (Å²) in [5.41, 5.74) is 1.02. The van der Waals surface area contributed by atoms with E-state index in [-0.39, 0.29) is 23.0 Å². The van der Waals surface area contributed by atoms with E-state index in [2.05, 4.69) is 15.2 Å². The normalized spacial score (nSPS) is 14.8. The number of furan rings is 1. The standard InChI is InChI=1S/C21H15ClF3N5O2/c22-18-17(20(31)29-4-1-12(2-5-29)15-8-26-27-9-15)28-19-16(21(23,24)25)7-14(10-30(18)19)13-3-6-32-11-13/h1,3,6-11H,2,4-5H2,(H,26,27). The molecule has 4 aromatic heterocycles. The number of aromatic nitrogens is 4. The Morgan fingerprint density at radius 3 is 2.72 bits per heavy atom. The van der Waals surface area contributed by atoms with Crippen LogP contribution in [0.1, 0.15) is 28.0 Å². The van der Waals surface area contributed by atoms with Crippen LogP contribution in [0.4, 0.5) is 13.2 Å². The quantitative estimate of drug-likeness (QED) is 0.469. The third-order valence-electron chi connectivity index (χ3n) is 5.39. The number of alkyl halides is 3. The minimum atomic E-state index is -4.69. The highest BCUT2D eigenvalue weighted by Crippen LogP contribution is 2.37. The fourth-order valence-corrected chi connectivity index (χ4v) is 3.99. The summed E-state index contributed by atoms with van der Waals surface area (Å²) in [7, 11) is 0. The van der Waals surface area contributed by atoms with Crippen LogP contribution in [0.5, 0.6) is 0 Å². The molecule has 7 nitrogen and oxygen atoms in total. The largest absolute Gasteiger partial charge is 0.472 e. The topological polar surface area (TPSA) is 79.4 Å². The van der Waals surface area contributed by atoms with Gasteiger partial charge in [0.05, 0.1) is 24.3 Å². The molecule has 164 valence electrons. The van der Waals surface area contributed by atoms with Crippen LogP contribution in [0.2, 0.25) is 5.15 Å². The summed E-state index contributed by atoms with van der Waals surface area (Å²) in [6.45, 7) is 0.669. The van der Waals surface area contributed by atoms with Crippen molar-refractivity contribution in [3.63, 3.8) is 0 Å². The summed E-state index contributed by atoms with van der Waals surface area (Å²) in [6.07, 6.45) is 5.33. The van der Waals surface area contributed by atoms with Crippen LogP contribution in [0.25, 0.3) is 22.3 Å². The predicted octanol–water partition coefficient (Wildman–Crippen LogP) is 4.92. The molecule has 1 aliphatic heterocycles. The number of imidazole rings is 1. The summed E-state index contributed by atoms with van der Waals surface area (Å²) in [5, 5.41) is 6.48. The van der Waals surface area contributed by atoms with E-state index in [1.807, 2.05) is 6.08 Å². The first-order chi connectivity index (χ1) is 15.3. The molecule has 0 aromatic carbocycles. The second kappa shape index (κ2) is 7.56. The minimum absolute atomic E-state index is 0.176. The Balaban J connectivity index is 1.54. The third-order valence-corrected chi connectivity index (χ3v) is 5.75. The first kappa shape index (κ1) is 20.4. The molecule has 0 saturated heterocycles. The van der Waals surface area contributed by atoms with Gasteiger partial charge >= 0.3 is 6.18 Å². The lowest BCUT2D eigenvalue weighted by molar-refractivity contribution is -0.136. The first-order valence-electron chi connectivity index (χ1n) is 9.62. The molecule has 4 aromatic rings. The molecule has 0 saturated carbocycles. The monoisotopic (exact) mass is 461 g/mol. The van der Waals surface area contributed by atoms with E-state index in [1.54, 1.807) is 12.4 Å². The van der Waals surface area contributed by atoms with Crippen molar-refractivity contribution >= 4 is 28.7 Å². The molecule has 32 heavy (non-hydrogen) atoms. The van der Waals surface area contributed by atoms with Crippen LogP contribution >= 0.6 is 11.6 Å². The Hall–Kier alpha value is -3.53. The zero-order valence-corrected chi connectivity index (χ0v) is 17.1. The first-order valence-corrected chi connectivity index (χ1v) is 9.99. The number of nitrogens with zero attached hydrogens (tertiary/aromatic N) is 4. The molecule has 0 spiro atoms. The molecule has 5 heterocycles. The minimum Gasteiger partial charge on any atom is -0.472 e. The van der Waals surface area contributed by atoms with E-state index in [1.165, 1.54) is 29.7 Å². The van der Waals surface area contributed by atoms with Gasteiger partial charge in [-0.05, 0) is 24.1 Å². The van der Waals surface area contributed by atoms with Gasteiger partial charge in [0, 0.05) is 42.2 Å². The molecule has 5 rings (SSSR count). The number of pyridine rings is 1. The van der Waals surface area contributed by atoms with Crippen molar-refractivity contribution in [1.82, 2.24) is 24.5 Å². The lowest BCUT2D eigenvalue weighted by Crippen LogP contribution is -2.35. The number of fused-ring (bicyclic) bond motifs is 1. The van der Waals surface area contributed by atoms with Crippen LogP contribution in [0.3, 0.4) is 0 Å². The highest BCUT2D eigenvalue weighted by Gasteiger charge is 2.36. The molecule has 1 N–H and O–H groups in total. The Labute approximate surface area is 184 Å². The number of carbonyl (C=O) groups is 1. The van der Waals surface area contributed by atoms with Crippen molar-refractivity contribution in [2.45, 2.75) is 12.6 Å². The fraction of sp³-hybridized carbons (Fsp3) is 0.190. The summed E-state index contributed by atoms with van der Waals surface area (Å²) < 4.78 is 47.4. The fourth-order valence-electron chi connectivity index (χ4n) is 3.74. The Morgan fingerprint density at radius 2 is 2.09 bits per heavy atom. The lowest BCUT2D eigenvalue weighted by atomic mass is 10.0. The van der Waals surface area contributed by atoms with E-state index < -0.39 is 23.3 Å². The maximum absolute atomic E-state index is 13.8. The van der Waals surface area contributed by atoms with Crippen LogP contribution in [-0.2, 0) is 6.18 Å². The van der Waals surface area contributed by atoms with Crippen molar-refractivity contribution in [2.75, 3.05) is 13.1 Å². The molecule has 0 aliphatic carbocycles. The average molecular weight is 462 g/mol. The van der Waals surface area contributed by atoms with Gasteiger partial charge in [-0.1, -0.05) is 17.7 Å². The zero-order chi connectivity index (χ0) is 22.5. The van der Waals surface area contributed by atoms with Gasteiger partial charge in [-0.25, -0.2) is 4.98 Å². The number of rotatable bonds is 3. The van der Waals surface area contributed by atoms with E-state index in [0.717, 1.165) is 21.6 Å². The molecule has 0 unspecified atom stereocenters. The molecule has 1 aliphatic rings. The van der Waals surface area contributed by atoms with Crippen molar-refractivity contribution < 1.29 is 22.4 Å². The molecule has 0 fully saturated rings. The number of hydrogen-bond acceptors (Lipinski definition) is 4. The average Bonchev–Trinajstić information content (AvgIpc) is 3.54. The molecule has 0 bridgehead atoms. The summed E-state index contributed by atoms with van der Waals surface area (Å²) in [6, 6.07) is 2.51. The number of hydrogen-bond donors (Lipinski definition) is 1. The summed E-state index contributed by atoms with van der Waals surface area (Å²) in [5.74, 6) is -0.529. The second-order valence-corrected chi connectivity index (χ2v) is 7.67. The molecule has 11 heteroatoms. The maximum Gasteiger partial charge on any atom is 0.420 e. The Morgan fingerprint density at radius 1 is 1.25 bits per heavy atom. The molecule has 0 radical (unpaired) electrons. The van der Waals surface area contributed by atoms with Crippen molar-refractivity contribution in [3.8, 4) is 11.1 Å². The van der Waals surface area contributed by atoms with Crippen molar-refractivity contribution in [1.29, 1.82) is 0 Å². The number of H-pyrrole nitrogens is 1. The van der Waals surface area contributed by atoms with Gasteiger partial charge in [0.1, 0.15) is 5.15 Å². The molecule has 0 atom stereocenters. The second-order valence-electron chi connectivity index (χ2n) is 7.31. The maximum atomic E-state index is 13.8. The SMILES string of the molecule is O=C(c1nc2c(C(F)(F)F)cc(-c3ccoc3)cn2c1Cl)N1CC=C(c2cn[nH]c2)CC1. The number of amides is 1. The number of nitrogens with one attached hydrogen (secondary N) is 1. The summed E-state index contributed by atoms with van der Waals surface area (Å²) in [4.78, 5) is 18.6. The van der Waals surface area contributed by atoms with E-state index in [4.69, 9.17) is 16.0 Å². The Bertz CT molecular complexity index is 1320. The van der Waals surface area contributed by atoms with Crippen LogP contribution < -0.4 is 0 Å². The van der Waals surface area contributed by atoms with Crippen molar-refractivity contribution in [2.24, 2.45) is 0 Å². The van der Waals surface area contributed by atoms with Gasteiger partial charge in [0.15, 0.2) is 11.3 Å². The molecular formula is C21H15ClF3N5O2. The van der Waals surface area contributed by atoms with Crippen LogP contribution in [0.15, 0.2) is 53.7 Å².